The Hall–Kier alpha value is -4.35. The van der Waals surface area contributed by atoms with E-state index in [4.69, 9.17) is 29.9 Å². The molecule has 0 amide bonds. The van der Waals surface area contributed by atoms with Crippen LogP contribution in [0, 0.1) is 12.3 Å². The van der Waals surface area contributed by atoms with Gasteiger partial charge in [0, 0.05) is 39.7 Å². The Morgan fingerprint density at radius 1 is 1.03 bits per heavy atom. The second kappa shape index (κ2) is 11.0. The van der Waals surface area contributed by atoms with Crippen molar-refractivity contribution in [2.45, 2.75) is 20.0 Å². The summed E-state index contributed by atoms with van der Waals surface area (Å²) in [5, 5.41) is 5.59. The molecule has 0 bridgehead atoms. The van der Waals surface area contributed by atoms with Crippen LogP contribution in [0.3, 0.4) is 0 Å². The molecule has 1 atom stereocenters. The molecule has 0 spiro atoms. The molecule has 1 unspecified atom stereocenters. The molecule has 0 aliphatic heterocycles. The molecule has 8 heteroatoms. The lowest BCUT2D eigenvalue weighted by Crippen LogP contribution is -2.19. The Morgan fingerprint density at radius 3 is 2.45 bits per heavy atom. The Morgan fingerprint density at radius 2 is 1.79 bits per heavy atom. The number of hydrogen-bond acceptors (Lipinski definition) is 7. The van der Waals surface area contributed by atoms with Crippen molar-refractivity contribution in [3.63, 3.8) is 0 Å². The Labute approximate surface area is 222 Å². The molecule has 1 N–H and O–H groups in total. The number of hydrogen-bond donors (Lipinski definition) is 1. The Bertz CT molecular complexity index is 1490. The maximum atomic E-state index is 6.03. The van der Waals surface area contributed by atoms with Gasteiger partial charge in [-0.05, 0) is 64.3 Å². The van der Waals surface area contributed by atoms with Gasteiger partial charge in [0.05, 0.1) is 31.4 Å². The monoisotopic (exact) mass is 513 g/mol. The van der Waals surface area contributed by atoms with Gasteiger partial charge in [-0.15, -0.1) is 6.42 Å². The average Bonchev–Trinajstić information content (AvgIpc) is 3.62. The topological polar surface area (TPSA) is 81.4 Å². The first kappa shape index (κ1) is 25.3. The molecule has 2 heterocycles. The minimum absolute atomic E-state index is 0.503. The number of oxime groups is 1. The van der Waals surface area contributed by atoms with Crippen molar-refractivity contribution in [3.8, 4) is 40.8 Å². The van der Waals surface area contributed by atoms with Gasteiger partial charge in [-0.2, -0.15) is 0 Å². The van der Waals surface area contributed by atoms with Crippen LogP contribution in [0.1, 0.15) is 36.6 Å². The highest BCUT2D eigenvalue weighted by Crippen LogP contribution is 2.46. The number of likely N-dealkylation sites (N-methyl/N-ethyl adjacent to an activating group) is 1. The van der Waals surface area contributed by atoms with Crippen LogP contribution in [-0.2, 0) is 4.84 Å². The van der Waals surface area contributed by atoms with Crippen LogP contribution in [0.4, 0.5) is 0 Å². The highest BCUT2D eigenvalue weighted by atomic mass is 16.6. The molecule has 0 saturated heterocycles. The van der Waals surface area contributed by atoms with Gasteiger partial charge < -0.3 is 33.3 Å². The second-order valence-electron chi connectivity index (χ2n) is 9.09. The van der Waals surface area contributed by atoms with Crippen molar-refractivity contribution in [3.05, 3.63) is 65.6 Å². The van der Waals surface area contributed by atoms with Crippen LogP contribution in [0.25, 0.3) is 22.2 Å². The fraction of sp³-hybridized carbons (Fsp3) is 0.300. The lowest BCUT2D eigenvalue weighted by molar-refractivity contribution is 0.0996. The summed E-state index contributed by atoms with van der Waals surface area (Å²) in [5.74, 6) is 4.74. The van der Waals surface area contributed by atoms with E-state index in [1.807, 2.05) is 58.3 Å². The molecule has 1 aliphatic rings. The first-order valence-corrected chi connectivity index (χ1v) is 12.6. The first-order chi connectivity index (χ1) is 18.5. The lowest BCUT2D eigenvalue weighted by Gasteiger charge is -2.14. The number of aromatic amines is 1. The maximum absolute atomic E-state index is 6.03. The van der Waals surface area contributed by atoms with E-state index in [1.54, 1.807) is 18.6 Å². The molecule has 0 saturated carbocycles. The van der Waals surface area contributed by atoms with Crippen molar-refractivity contribution >= 4 is 16.6 Å². The van der Waals surface area contributed by atoms with Crippen LogP contribution in [0.2, 0.25) is 0 Å². The number of nitrogens with one attached hydrogen (secondary N) is 1. The summed E-state index contributed by atoms with van der Waals surface area (Å²) in [6.07, 6.45) is 8.18. The second-order valence-corrected chi connectivity index (χ2v) is 9.09. The van der Waals surface area contributed by atoms with E-state index in [-0.39, 0.29) is 0 Å². The predicted molar refractivity (Wildman–Crippen MR) is 147 cm³/mol. The number of fused-ring (bicyclic) bond motifs is 5. The van der Waals surface area contributed by atoms with Gasteiger partial charge in [0.1, 0.15) is 18.1 Å². The third-order valence-corrected chi connectivity index (χ3v) is 6.27. The summed E-state index contributed by atoms with van der Waals surface area (Å²) >= 11 is 0. The number of nitrogens with zero attached hydrogens (tertiary/aromatic N) is 2. The molecule has 5 rings (SSSR count). The van der Waals surface area contributed by atoms with Gasteiger partial charge in [0.2, 0.25) is 6.10 Å². The zero-order chi connectivity index (χ0) is 26.6. The van der Waals surface area contributed by atoms with E-state index in [2.05, 4.69) is 21.0 Å². The molecule has 4 aromatic rings. The van der Waals surface area contributed by atoms with Crippen LogP contribution in [0.15, 0.2) is 58.5 Å². The minimum atomic E-state index is -0.696. The van der Waals surface area contributed by atoms with Crippen LogP contribution < -0.4 is 14.2 Å². The number of terminal acetylenes is 1. The van der Waals surface area contributed by atoms with E-state index < -0.39 is 6.10 Å². The molecule has 2 aromatic heterocycles. The van der Waals surface area contributed by atoms with E-state index in [1.165, 1.54) is 0 Å². The molecule has 38 heavy (non-hydrogen) atoms. The summed E-state index contributed by atoms with van der Waals surface area (Å²) < 4.78 is 23.0. The summed E-state index contributed by atoms with van der Waals surface area (Å²) in [7, 11) is 4.04. The zero-order valence-electron chi connectivity index (χ0n) is 22.0. The SMILES string of the molecule is C#CC(ON=C1c2cc(OCC)c(OCC)cc2-c2[nH]c3ccc(OCCN(C)C)cc3c21)c1ccoc1. The van der Waals surface area contributed by atoms with Crippen molar-refractivity contribution in [1.29, 1.82) is 0 Å². The van der Waals surface area contributed by atoms with Gasteiger partial charge in [0.25, 0.3) is 0 Å². The number of benzene rings is 2. The minimum Gasteiger partial charge on any atom is -0.492 e. The smallest absolute Gasteiger partial charge is 0.215 e. The standard InChI is InChI=1S/C30H31N3O5/c1-6-25(19-11-13-34-18-19)38-32-30-22-17-27(36-8-3)26(35-7-2)16-21(22)29-28(30)23-15-20(9-10-24(23)31-29)37-14-12-33(4)5/h1,9-11,13,15-18,25,31H,7-8,12,14H2,2-5H3. The molecule has 8 nitrogen and oxygen atoms in total. The van der Waals surface area contributed by atoms with Gasteiger partial charge in [-0.25, -0.2) is 0 Å². The maximum Gasteiger partial charge on any atom is 0.215 e. The Balaban J connectivity index is 1.63. The summed E-state index contributed by atoms with van der Waals surface area (Å²) in [5.41, 5.74) is 5.97. The van der Waals surface area contributed by atoms with E-state index in [0.29, 0.717) is 42.6 Å². The molecule has 0 fully saturated rings. The largest absolute Gasteiger partial charge is 0.492 e. The third-order valence-electron chi connectivity index (χ3n) is 6.27. The van der Waals surface area contributed by atoms with Gasteiger partial charge in [-0.3, -0.25) is 0 Å². The lowest BCUT2D eigenvalue weighted by atomic mass is 10.1. The van der Waals surface area contributed by atoms with E-state index in [9.17, 15) is 0 Å². The average molecular weight is 514 g/mol. The van der Waals surface area contributed by atoms with Crippen LogP contribution >= 0.6 is 0 Å². The Kier molecular flexibility index (Phi) is 7.29. The molecule has 0 radical (unpaired) electrons. The molecular formula is C30H31N3O5. The molecular weight excluding hydrogens is 482 g/mol. The predicted octanol–water partition coefficient (Wildman–Crippen LogP) is 5.62. The highest BCUT2D eigenvalue weighted by molar-refractivity contribution is 6.30. The number of aromatic nitrogens is 1. The zero-order valence-corrected chi connectivity index (χ0v) is 22.0. The van der Waals surface area contributed by atoms with Crippen LogP contribution in [-0.4, -0.2) is 56.1 Å². The van der Waals surface area contributed by atoms with E-state index in [0.717, 1.165) is 45.6 Å². The fourth-order valence-corrected chi connectivity index (χ4v) is 4.50. The highest BCUT2D eigenvalue weighted by Gasteiger charge is 2.32. The fourth-order valence-electron chi connectivity index (χ4n) is 4.50. The quantitative estimate of drug-likeness (QED) is 0.182. The van der Waals surface area contributed by atoms with Gasteiger partial charge in [0.15, 0.2) is 11.5 Å². The first-order valence-electron chi connectivity index (χ1n) is 12.6. The van der Waals surface area contributed by atoms with E-state index >= 15 is 0 Å². The number of furan rings is 1. The molecule has 1 aliphatic carbocycles. The molecule has 2 aromatic carbocycles. The van der Waals surface area contributed by atoms with Crippen molar-refractivity contribution in [2.24, 2.45) is 5.16 Å². The third kappa shape index (κ3) is 4.81. The van der Waals surface area contributed by atoms with Crippen molar-refractivity contribution in [2.75, 3.05) is 40.5 Å². The van der Waals surface area contributed by atoms with Crippen molar-refractivity contribution in [1.82, 2.24) is 9.88 Å². The normalized spacial score (nSPS) is 13.8. The summed E-state index contributed by atoms with van der Waals surface area (Å²) in [6, 6.07) is 11.7. The van der Waals surface area contributed by atoms with Crippen LogP contribution in [0.5, 0.6) is 17.2 Å². The van der Waals surface area contributed by atoms with Gasteiger partial charge in [-0.1, -0.05) is 11.1 Å². The number of ether oxygens (including phenoxy) is 3. The molecule has 196 valence electrons. The summed E-state index contributed by atoms with van der Waals surface area (Å²) in [4.78, 5) is 11.6. The number of rotatable bonds is 11. The summed E-state index contributed by atoms with van der Waals surface area (Å²) in [6.45, 7) is 6.31. The van der Waals surface area contributed by atoms with Gasteiger partial charge >= 0.3 is 0 Å². The number of H-pyrrole nitrogens is 1. The van der Waals surface area contributed by atoms with Crippen molar-refractivity contribution < 1.29 is 23.5 Å².